The van der Waals surface area contributed by atoms with E-state index in [2.05, 4.69) is 58.1 Å². The van der Waals surface area contributed by atoms with Crippen molar-refractivity contribution < 1.29 is 14.3 Å². The minimum absolute atomic E-state index is 0.0853. The normalized spacial score (nSPS) is 13.7. The molecule has 0 heterocycles. The zero-order valence-corrected chi connectivity index (χ0v) is 19.9. The third-order valence-corrected chi connectivity index (χ3v) is 5.47. The van der Waals surface area contributed by atoms with Crippen molar-refractivity contribution in [1.29, 1.82) is 0 Å². The summed E-state index contributed by atoms with van der Waals surface area (Å²) in [5, 5.41) is 3.09. The van der Waals surface area contributed by atoms with Crippen LogP contribution in [0.5, 0.6) is 11.5 Å². The van der Waals surface area contributed by atoms with E-state index in [-0.39, 0.29) is 17.4 Å². The first-order valence-electron chi connectivity index (χ1n) is 10.7. The number of ether oxygens (including phenoxy) is 2. The van der Waals surface area contributed by atoms with E-state index in [0.29, 0.717) is 11.7 Å². The molecule has 0 unspecified atom stereocenters. The molecule has 0 aromatic heterocycles. The Morgan fingerprint density at radius 3 is 2.07 bits per heavy atom. The third-order valence-electron chi connectivity index (χ3n) is 5.47. The molecule has 0 spiro atoms. The molecule has 0 bridgehead atoms. The van der Waals surface area contributed by atoms with Crippen LogP contribution in [0.3, 0.4) is 0 Å². The van der Waals surface area contributed by atoms with Gasteiger partial charge >= 0.3 is 0 Å². The van der Waals surface area contributed by atoms with E-state index in [4.69, 9.17) is 9.47 Å². The lowest BCUT2D eigenvalue weighted by molar-refractivity contribution is -0.127. The summed E-state index contributed by atoms with van der Waals surface area (Å²) in [6.07, 6.45) is -0.587. The van der Waals surface area contributed by atoms with E-state index in [9.17, 15) is 4.79 Å². The minimum Gasteiger partial charge on any atom is -0.496 e. The van der Waals surface area contributed by atoms with Crippen LogP contribution in [-0.4, -0.2) is 19.1 Å². The lowest BCUT2D eigenvalue weighted by Gasteiger charge is -2.23. The van der Waals surface area contributed by atoms with Gasteiger partial charge in [-0.2, -0.15) is 0 Å². The third kappa shape index (κ3) is 5.78. The number of amides is 1. The van der Waals surface area contributed by atoms with Gasteiger partial charge in [0.15, 0.2) is 6.10 Å². The molecule has 2 rings (SSSR count). The fourth-order valence-corrected chi connectivity index (χ4v) is 3.51. The molecule has 0 aliphatic carbocycles. The maximum atomic E-state index is 12.7. The van der Waals surface area contributed by atoms with Crippen molar-refractivity contribution >= 4 is 5.91 Å². The second-order valence-corrected chi connectivity index (χ2v) is 9.37. The summed E-state index contributed by atoms with van der Waals surface area (Å²) in [5.74, 6) is 1.78. The summed E-state index contributed by atoms with van der Waals surface area (Å²) < 4.78 is 11.4. The Bertz CT molecular complexity index is 863. The molecule has 1 amide bonds. The van der Waals surface area contributed by atoms with Crippen LogP contribution in [0, 0.1) is 6.92 Å². The Morgan fingerprint density at radius 2 is 1.57 bits per heavy atom. The monoisotopic (exact) mass is 411 g/mol. The highest BCUT2D eigenvalue weighted by Gasteiger charge is 2.21. The van der Waals surface area contributed by atoms with Crippen molar-refractivity contribution in [3.8, 4) is 11.5 Å². The van der Waals surface area contributed by atoms with Gasteiger partial charge in [-0.05, 0) is 78.6 Å². The van der Waals surface area contributed by atoms with Crippen molar-refractivity contribution in [2.24, 2.45) is 0 Å². The summed E-state index contributed by atoms with van der Waals surface area (Å²) in [4.78, 5) is 12.7. The first kappa shape index (κ1) is 23.8. The fraction of sp³-hybridized carbons (Fsp3) is 0.500. The average molecular weight is 412 g/mol. The number of carbonyl (C=O) groups is 1. The highest BCUT2D eigenvalue weighted by molar-refractivity contribution is 5.81. The van der Waals surface area contributed by atoms with Gasteiger partial charge in [-0.25, -0.2) is 0 Å². The molecule has 1 N–H and O–H groups in total. The molecule has 4 nitrogen and oxygen atoms in total. The maximum absolute atomic E-state index is 12.7. The zero-order valence-electron chi connectivity index (χ0n) is 19.9. The Labute approximate surface area is 182 Å². The van der Waals surface area contributed by atoms with Crippen LogP contribution in [-0.2, 0) is 10.2 Å². The molecule has 0 aliphatic heterocycles. The smallest absolute Gasteiger partial charge is 0.261 e. The van der Waals surface area contributed by atoms with Crippen LogP contribution >= 0.6 is 0 Å². The van der Waals surface area contributed by atoms with Crippen LogP contribution in [0.15, 0.2) is 36.4 Å². The molecule has 30 heavy (non-hydrogen) atoms. The van der Waals surface area contributed by atoms with Gasteiger partial charge in [-0.1, -0.05) is 46.8 Å². The van der Waals surface area contributed by atoms with Crippen LogP contribution < -0.4 is 14.8 Å². The number of aryl methyl sites for hydroxylation is 1. The number of nitrogens with one attached hydrogen (secondary N) is 1. The van der Waals surface area contributed by atoms with Crippen molar-refractivity contribution in [2.75, 3.05) is 7.11 Å². The minimum atomic E-state index is -0.587. The highest BCUT2D eigenvalue weighted by atomic mass is 16.5. The molecule has 2 aromatic carbocycles. The molecule has 0 fully saturated rings. The van der Waals surface area contributed by atoms with E-state index >= 15 is 0 Å². The van der Waals surface area contributed by atoms with Crippen molar-refractivity contribution in [3.05, 3.63) is 58.7 Å². The average Bonchev–Trinajstić information content (AvgIpc) is 2.66. The number of methoxy groups -OCH3 is 1. The summed E-state index contributed by atoms with van der Waals surface area (Å²) in [7, 11) is 1.69. The molecular weight excluding hydrogens is 374 g/mol. The summed E-state index contributed by atoms with van der Waals surface area (Å²) in [6.45, 7) is 16.6. The second-order valence-electron chi connectivity index (χ2n) is 9.37. The number of carbonyl (C=O) groups excluding carboxylic acids is 1. The van der Waals surface area contributed by atoms with E-state index in [1.807, 2.05) is 32.0 Å². The topological polar surface area (TPSA) is 47.6 Å². The van der Waals surface area contributed by atoms with Gasteiger partial charge < -0.3 is 14.8 Å². The summed E-state index contributed by atoms with van der Waals surface area (Å²) in [5.41, 5.74) is 4.64. The summed E-state index contributed by atoms with van der Waals surface area (Å²) in [6, 6.07) is 12.0. The van der Waals surface area contributed by atoms with Crippen LogP contribution in [0.25, 0.3) is 0 Å². The molecule has 0 saturated carbocycles. The second kappa shape index (κ2) is 9.55. The van der Waals surface area contributed by atoms with Gasteiger partial charge in [-0.3, -0.25) is 4.79 Å². The van der Waals surface area contributed by atoms with Crippen LogP contribution in [0.1, 0.15) is 82.7 Å². The molecule has 2 atom stereocenters. The predicted octanol–water partition coefficient (Wildman–Crippen LogP) is 6.07. The molecule has 0 radical (unpaired) electrons. The van der Waals surface area contributed by atoms with Gasteiger partial charge in [0, 0.05) is 0 Å². The number of rotatable bonds is 7. The first-order valence-corrected chi connectivity index (χ1v) is 10.7. The highest BCUT2D eigenvalue weighted by Crippen LogP contribution is 2.32. The standard InChI is InChI=1S/C26H37NO3/c1-16(2)22-15-23(17(3)14-24(22)29-9)18(4)27-25(28)19(5)30-21-12-10-20(11-13-21)26(6,7)8/h10-16,18-19H,1-9H3,(H,27,28)/t18-,19-/m1/s1. The van der Waals surface area contributed by atoms with Gasteiger partial charge in [0.1, 0.15) is 11.5 Å². The SMILES string of the molecule is COc1cc(C)c([C@@H](C)NC(=O)[C@@H](C)Oc2ccc(C(C)(C)C)cc2)cc1C(C)C. The first-order chi connectivity index (χ1) is 13.9. The molecule has 0 saturated heterocycles. The quantitative estimate of drug-likeness (QED) is 0.601. The largest absolute Gasteiger partial charge is 0.496 e. The Kier molecular flexibility index (Phi) is 7.57. The van der Waals surface area contributed by atoms with Gasteiger partial charge in [0.2, 0.25) is 0 Å². The van der Waals surface area contributed by atoms with Crippen molar-refractivity contribution in [1.82, 2.24) is 5.32 Å². The molecular formula is C26H37NO3. The molecule has 2 aromatic rings. The zero-order chi connectivity index (χ0) is 22.6. The number of hydrogen-bond acceptors (Lipinski definition) is 3. The Morgan fingerprint density at radius 1 is 0.967 bits per heavy atom. The van der Waals surface area contributed by atoms with E-state index in [1.165, 1.54) is 5.56 Å². The predicted molar refractivity (Wildman–Crippen MR) is 124 cm³/mol. The van der Waals surface area contributed by atoms with Gasteiger partial charge in [0.25, 0.3) is 5.91 Å². The summed E-state index contributed by atoms with van der Waals surface area (Å²) >= 11 is 0. The number of benzene rings is 2. The van der Waals surface area contributed by atoms with E-state index in [1.54, 1.807) is 14.0 Å². The van der Waals surface area contributed by atoms with E-state index in [0.717, 1.165) is 22.4 Å². The Balaban J connectivity index is 2.09. The van der Waals surface area contributed by atoms with Crippen molar-refractivity contribution in [3.63, 3.8) is 0 Å². The molecule has 4 heteroatoms. The molecule has 0 aliphatic rings. The van der Waals surface area contributed by atoms with E-state index < -0.39 is 6.10 Å². The van der Waals surface area contributed by atoms with Crippen LogP contribution in [0.4, 0.5) is 0 Å². The fourth-order valence-electron chi connectivity index (χ4n) is 3.51. The van der Waals surface area contributed by atoms with Crippen LogP contribution in [0.2, 0.25) is 0 Å². The number of hydrogen-bond donors (Lipinski definition) is 1. The lowest BCUT2D eigenvalue weighted by Crippen LogP contribution is -2.38. The maximum Gasteiger partial charge on any atom is 0.261 e. The van der Waals surface area contributed by atoms with Gasteiger partial charge in [0.05, 0.1) is 13.2 Å². The Hall–Kier alpha value is -2.49. The molecule has 164 valence electrons. The lowest BCUT2D eigenvalue weighted by atomic mass is 9.87. The van der Waals surface area contributed by atoms with Crippen molar-refractivity contribution in [2.45, 2.75) is 78.9 Å². The van der Waals surface area contributed by atoms with Gasteiger partial charge in [-0.15, -0.1) is 0 Å².